The molecule has 1 aliphatic heterocycles. The van der Waals surface area contributed by atoms with Gasteiger partial charge in [0.1, 0.15) is 0 Å². The van der Waals surface area contributed by atoms with Gasteiger partial charge in [0.05, 0.1) is 5.92 Å². The van der Waals surface area contributed by atoms with Gasteiger partial charge >= 0.3 is 12.0 Å². The predicted molar refractivity (Wildman–Crippen MR) is 62.6 cm³/mol. The van der Waals surface area contributed by atoms with Crippen molar-refractivity contribution in [3.05, 3.63) is 12.2 Å². The molecule has 0 saturated carbocycles. The zero-order chi connectivity index (χ0) is 12.4. The molecule has 0 aromatic heterocycles. The zero-order valence-corrected chi connectivity index (χ0v) is 9.93. The van der Waals surface area contributed by atoms with E-state index < -0.39 is 11.9 Å². The van der Waals surface area contributed by atoms with Gasteiger partial charge in [0, 0.05) is 19.1 Å². The number of urea groups is 1. The quantitative estimate of drug-likeness (QED) is 0.707. The maximum absolute atomic E-state index is 11.9. The highest BCUT2D eigenvalue weighted by molar-refractivity contribution is 5.77. The molecule has 2 rings (SSSR count). The van der Waals surface area contributed by atoms with Crippen LogP contribution in [0.3, 0.4) is 0 Å². The number of likely N-dealkylation sites (tertiary alicyclic amines) is 1. The Bertz CT molecular complexity index is 346. The minimum absolute atomic E-state index is 0.0277. The molecule has 2 aliphatic rings. The van der Waals surface area contributed by atoms with Crippen LogP contribution in [0.4, 0.5) is 4.79 Å². The monoisotopic (exact) mass is 238 g/mol. The average molecular weight is 238 g/mol. The van der Waals surface area contributed by atoms with Crippen LogP contribution in [0.1, 0.15) is 19.8 Å². The van der Waals surface area contributed by atoms with E-state index in [1.807, 2.05) is 6.92 Å². The summed E-state index contributed by atoms with van der Waals surface area (Å²) in [6, 6.07) is 0.0518. The predicted octanol–water partition coefficient (Wildman–Crippen LogP) is 1.07. The number of carboxylic acids is 1. The van der Waals surface area contributed by atoms with Crippen LogP contribution in [-0.2, 0) is 4.79 Å². The molecule has 0 spiro atoms. The molecule has 1 saturated heterocycles. The summed E-state index contributed by atoms with van der Waals surface area (Å²) >= 11 is 0. The van der Waals surface area contributed by atoms with Crippen molar-refractivity contribution >= 4 is 12.0 Å². The van der Waals surface area contributed by atoms with Gasteiger partial charge < -0.3 is 15.3 Å². The number of nitrogens with zero attached hydrogens (tertiary/aromatic N) is 1. The van der Waals surface area contributed by atoms with E-state index in [9.17, 15) is 9.59 Å². The summed E-state index contributed by atoms with van der Waals surface area (Å²) in [5, 5.41) is 11.9. The number of carbonyl (C=O) groups excluding carboxylic acids is 1. The van der Waals surface area contributed by atoms with E-state index >= 15 is 0 Å². The van der Waals surface area contributed by atoms with Gasteiger partial charge in [-0.25, -0.2) is 4.79 Å². The van der Waals surface area contributed by atoms with Gasteiger partial charge in [-0.15, -0.1) is 0 Å². The lowest BCUT2D eigenvalue weighted by atomic mass is 9.99. The lowest BCUT2D eigenvalue weighted by Crippen LogP contribution is -2.43. The number of hydrogen-bond donors (Lipinski definition) is 2. The molecule has 0 radical (unpaired) electrons. The van der Waals surface area contributed by atoms with Crippen LogP contribution in [0.25, 0.3) is 0 Å². The van der Waals surface area contributed by atoms with Crippen molar-refractivity contribution in [2.75, 3.05) is 13.1 Å². The lowest BCUT2D eigenvalue weighted by molar-refractivity contribution is -0.142. The second-order valence-electron chi connectivity index (χ2n) is 4.92. The van der Waals surface area contributed by atoms with Crippen LogP contribution in [0, 0.1) is 11.8 Å². The molecule has 0 bridgehead atoms. The Morgan fingerprint density at radius 2 is 1.94 bits per heavy atom. The van der Waals surface area contributed by atoms with Crippen LogP contribution in [-0.4, -0.2) is 41.1 Å². The van der Waals surface area contributed by atoms with E-state index in [1.54, 1.807) is 4.90 Å². The third kappa shape index (κ3) is 2.60. The van der Waals surface area contributed by atoms with Crippen molar-refractivity contribution in [2.45, 2.75) is 25.8 Å². The van der Waals surface area contributed by atoms with Crippen LogP contribution >= 0.6 is 0 Å². The molecule has 17 heavy (non-hydrogen) atoms. The molecule has 1 heterocycles. The SMILES string of the molecule is C[C@@H]1CN(C(=O)NC2CC=CC2)C[C@H]1C(=O)O. The Morgan fingerprint density at radius 3 is 2.47 bits per heavy atom. The van der Waals surface area contributed by atoms with Gasteiger partial charge in [-0.2, -0.15) is 0 Å². The van der Waals surface area contributed by atoms with E-state index in [0.29, 0.717) is 13.1 Å². The van der Waals surface area contributed by atoms with Crippen molar-refractivity contribution in [1.29, 1.82) is 0 Å². The molecular weight excluding hydrogens is 220 g/mol. The minimum atomic E-state index is -0.810. The molecule has 1 aliphatic carbocycles. The summed E-state index contributed by atoms with van der Waals surface area (Å²) in [5.74, 6) is -1.21. The average Bonchev–Trinajstić information content (AvgIpc) is 2.86. The van der Waals surface area contributed by atoms with E-state index in [4.69, 9.17) is 5.11 Å². The number of aliphatic carboxylic acids is 1. The number of rotatable bonds is 2. The van der Waals surface area contributed by atoms with Crippen molar-refractivity contribution in [2.24, 2.45) is 11.8 Å². The Balaban J connectivity index is 1.86. The molecule has 5 heteroatoms. The molecule has 2 amide bonds. The van der Waals surface area contributed by atoms with Gasteiger partial charge in [0.2, 0.25) is 0 Å². The Morgan fingerprint density at radius 1 is 1.29 bits per heavy atom. The maximum Gasteiger partial charge on any atom is 0.317 e. The number of amides is 2. The molecule has 0 aromatic carbocycles. The molecule has 2 atom stereocenters. The summed E-state index contributed by atoms with van der Waals surface area (Å²) < 4.78 is 0. The maximum atomic E-state index is 11.9. The highest BCUT2D eigenvalue weighted by atomic mass is 16.4. The smallest absolute Gasteiger partial charge is 0.317 e. The largest absolute Gasteiger partial charge is 0.481 e. The van der Waals surface area contributed by atoms with Crippen LogP contribution < -0.4 is 5.32 Å². The van der Waals surface area contributed by atoms with Crippen molar-refractivity contribution in [3.63, 3.8) is 0 Å². The first-order chi connectivity index (χ1) is 8.08. The lowest BCUT2D eigenvalue weighted by Gasteiger charge is -2.20. The standard InChI is InChI=1S/C12H18N2O3/c1-8-6-14(7-10(8)11(15)16)12(17)13-9-4-2-3-5-9/h2-3,8-10H,4-7H2,1H3,(H,13,17)(H,15,16)/t8-,10-/m1/s1. The van der Waals surface area contributed by atoms with Gasteiger partial charge in [-0.1, -0.05) is 19.1 Å². The molecule has 0 unspecified atom stereocenters. The first-order valence-electron chi connectivity index (χ1n) is 6.01. The number of nitrogens with one attached hydrogen (secondary N) is 1. The van der Waals surface area contributed by atoms with E-state index in [-0.39, 0.29) is 18.0 Å². The van der Waals surface area contributed by atoms with Crippen molar-refractivity contribution < 1.29 is 14.7 Å². The van der Waals surface area contributed by atoms with Crippen LogP contribution in [0.15, 0.2) is 12.2 Å². The highest BCUT2D eigenvalue weighted by Crippen LogP contribution is 2.23. The molecular formula is C12H18N2O3. The first kappa shape index (κ1) is 12.0. The number of hydrogen-bond acceptors (Lipinski definition) is 2. The third-order valence-corrected chi connectivity index (χ3v) is 3.55. The normalized spacial score (nSPS) is 28.6. The van der Waals surface area contributed by atoms with Crippen molar-refractivity contribution in [3.8, 4) is 0 Å². The molecule has 1 fully saturated rings. The van der Waals surface area contributed by atoms with Crippen LogP contribution in [0.5, 0.6) is 0 Å². The minimum Gasteiger partial charge on any atom is -0.481 e. The van der Waals surface area contributed by atoms with Gasteiger partial charge in [-0.05, 0) is 18.8 Å². The van der Waals surface area contributed by atoms with Gasteiger partial charge in [0.25, 0.3) is 0 Å². The van der Waals surface area contributed by atoms with Gasteiger partial charge in [0.15, 0.2) is 0 Å². The third-order valence-electron chi connectivity index (χ3n) is 3.55. The Labute approximate surface area is 100 Å². The topological polar surface area (TPSA) is 69.6 Å². The highest BCUT2D eigenvalue weighted by Gasteiger charge is 2.37. The Kier molecular flexibility index (Phi) is 3.36. The summed E-state index contributed by atoms with van der Waals surface area (Å²) in [7, 11) is 0. The number of carboxylic acid groups (broad SMARTS) is 1. The molecule has 2 N–H and O–H groups in total. The van der Waals surface area contributed by atoms with E-state index in [0.717, 1.165) is 12.8 Å². The fourth-order valence-electron chi connectivity index (χ4n) is 2.46. The summed E-state index contributed by atoms with van der Waals surface area (Å²) in [6.07, 6.45) is 5.85. The zero-order valence-electron chi connectivity index (χ0n) is 9.93. The first-order valence-corrected chi connectivity index (χ1v) is 6.01. The fraction of sp³-hybridized carbons (Fsp3) is 0.667. The van der Waals surface area contributed by atoms with Gasteiger partial charge in [-0.3, -0.25) is 4.79 Å². The summed E-state index contributed by atoms with van der Waals surface area (Å²) in [4.78, 5) is 24.5. The van der Waals surface area contributed by atoms with E-state index in [1.165, 1.54) is 0 Å². The molecule has 0 aromatic rings. The number of carbonyl (C=O) groups is 2. The fourth-order valence-corrected chi connectivity index (χ4v) is 2.46. The second kappa shape index (κ2) is 4.77. The van der Waals surface area contributed by atoms with Crippen LogP contribution in [0.2, 0.25) is 0 Å². The Hall–Kier alpha value is -1.52. The second-order valence-corrected chi connectivity index (χ2v) is 4.92. The van der Waals surface area contributed by atoms with Crippen molar-refractivity contribution in [1.82, 2.24) is 10.2 Å². The van der Waals surface area contributed by atoms with E-state index in [2.05, 4.69) is 17.5 Å². The summed E-state index contributed by atoms with van der Waals surface area (Å²) in [6.45, 7) is 2.73. The molecule has 5 nitrogen and oxygen atoms in total. The summed E-state index contributed by atoms with van der Waals surface area (Å²) in [5.41, 5.74) is 0. The molecule has 94 valence electrons.